The molecule has 1 aromatic heterocycles. The smallest absolute Gasteiger partial charge is 0.220 e. The van der Waals surface area contributed by atoms with Crippen LogP contribution in [-0.2, 0) is 11.3 Å². The number of likely N-dealkylation sites (tertiary alicyclic amines) is 1. The fourth-order valence-electron chi connectivity index (χ4n) is 3.15. The second-order valence-electron chi connectivity index (χ2n) is 5.66. The summed E-state index contributed by atoms with van der Waals surface area (Å²) < 4.78 is 0. The zero-order valence-electron chi connectivity index (χ0n) is 11.3. The summed E-state index contributed by atoms with van der Waals surface area (Å²) in [5, 5.41) is 3.76. The first-order chi connectivity index (χ1) is 9.61. The number of aromatic nitrogens is 1. The van der Waals surface area contributed by atoms with Crippen molar-refractivity contribution in [3.63, 3.8) is 0 Å². The summed E-state index contributed by atoms with van der Waals surface area (Å²) in [5.41, 5.74) is 6.56. The summed E-state index contributed by atoms with van der Waals surface area (Å²) in [6.07, 6.45) is 2.62. The van der Waals surface area contributed by atoms with E-state index < -0.39 is 0 Å². The molecule has 0 aliphatic carbocycles. The number of nitrogens with zero attached hydrogens (tertiary/aromatic N) is 2. The number of carbonyl (C=O) groups is 1. The highest BCUT2D eigenvalue weighted by Crippen LogP contribution is 2.27. The zero-order chi connectivity index (χ0) is 14.1. The summed E-state index contributed by atoms with van der Waals surface area (Å²) in [7, 11) is 0. The third-order valence-electron chi connectivity index (χ3n) is 4.22. The van der Waals surface area contributed by atoms with Gasteiger partial charge in [-0.05, 0) is 30.9 Å². The van der Waals surface area contributed by atoms with Crippen molar-refractivity contribution < 1.29 is 4.79 Å². The lowest BCUT2D eigenvalue weighted by Gasteiger charge is -2.41. The van der Waals surface area contributed by atoms with Crippen molar-refractivity contribution >= 4 is 23.3 Å². The van der Waals surface area contributed by atoms with Gasteiger partial charge in [-0.1, -0.05) is 11.6 Å². The molecule has 2 atom stereocenters. The van der Waals surface area contributed by atoms with Gasteiger partial charge >= 0.3 is 0 Å². The Labute approximate surface area is 123 Å². The Kier molecular flexibility index (Phi) is 3.81. The van der Waals surface area contributed by atoms with E-state index in [4.69, 9.17) is 17.3 Å². The third kappa shape index (κ3) is 2.88. The largest absolute Gasteiger partial charge is 0.384 e. The number of nitrogens with two attached hydrogens (primary N) is 1. The van der Waals surface area contributed by atoms with Gasteiger partial charge in [0.05, 0.1) is 10.7 Å². The van der Waals surface area contributed by atoms with Crippen LogP contribution in [0.2, 0.25) is 5.02 Å². The fourth-order valence-corrected chi connectivity index (χ4v) is 3.32. The summed E-state index contributed by atoms with van der Waals surface area (Å²) in [6, 6.07) is 3.86. The number of pyridine rings is 1. The number of anilines is 1. The van der Waals surface area contributed by atoms with Crippen LogP contribution in [0.4, 0.5) is 5.82 Å². The van der Waals surface area contributed by atoms with Gasteiger partial charge in [0.15, 0.2) is 0 Å². The quantitative estimate of drug-likeness (QED) is 0.865. The molecule has 3 heterocycles. The number of nitrogens with one attached hydrogen (secondary N) is 1. The van der Waals surface area contributed by atoms with Crippen LogP contribution in [0.3, 0.4) is 0 Å². The van der Waals surface area contributed by atoms with Gasteiger partial charge in [0, 0.05) is 32.1 Å². The second-order valence-corrected chi connectivity index (χ2v) is 6.07. The molecule has 6 heteroatoms. The van der Waals surface area contributed by atoms with Crippen molar-refractivity contribution in [2.24, 2.45) is 5.92 Å². The Balaban J connectivity index is 1.65. The minimum Gasteiger partial charge on any atom is -0.384 e. The number of rotatable bonds is 2. The lowest BCUT2D eigenvalue weighted by Crippen LogP contribution is -2.53. The Morgan fingerprint density at radius 3 is 3.15 bits per heavy atom. The highest BCUT2D eigenvalue weighted by Gasteiger charge is 2.33. The Morgan fingerprint density at radius 1 is 1.45 bits per heavy atom. The molecule has 0 saturated carbocycles. The van der Waals surface area contributed by atoms with Crippen LogP contribution in [0.15, 0.2) is 12.1 Å². The lowest BCUT2D eigenvalue weighted by atomic mass is 9.85. The zero-order valence-corrected chi connectivity index (χ0v) is 12.1. The summed E-state index contributed by atoms with van der Waals surface area (Å²) in [6.45, 7) is 2.66. The molecule has 108 valence electrons. The number of piperidine rings is 2. The van der Waals surface area contributed by atoms with E-state index in [2.05, 4.69) is 15.2 Å². The van der Waals surface area contributed by atoms with Crippen LogP contribution >= 0.6 is 11.6 Å². The van der Waals surface area contributed by atoms with Crippen LogP contribution in [0.25, 0.3) is 0 Å². The topological polar surface area (TPSA) is 71.2 Å². The maximum atomic E-state index is 11.4. The average Bonchev–Trinajstić information content (AvgIpc) is 2.43. The summed E-state index contributed by atoms with van der Waals surface area (Å²) in [5.74, 6) is 1.24. The molecule has 5 nitrogen and oxygen atoms in total. The van der Waals surface area contributed by atoms with E-state index in [9.17, 15) is 4.79 Å². The first kappa shape index (κ1) is 13.6. The molecule has 2 aliphatic rings. The SMILES string of the molecule is Nc1ccc(Cl)c(CN2CCC3NC(=O)CCC3C2)n1. The fraction of sp³-hybridized carbons (Fsp3) is 0.571. The number of carbonyl (C=O) groups excluding carboxylic acids is 1. The van der Waals surface area contributed by atoms with Crippen molar-refractivity contribution in [3.05, 3.63) is 22.8 Å². The van der Waals surface area contributed by atoms with E-state index in [-0.39, 0.29) is 5.91 Å². The molecule has 0 spiro atoms. The van der Waals surface area contributed by atoms with E-state index in [1.807, 2.05) is 0 Å². The molecular weight excluding hydrogens is 276 g/mol. The number of halogens is 1. The number of hydrogen-bond acceptors (Lipinski definition) is 4. The highest BCUT2D eigenvalue weighted by atomic mass is 35.5. The van der Waals surface area contributed by atoms with Crippen molar-refractivity contribution in [2.45, 2.75) is 31.8 Å². The molecule has 0 radical (unpaired) electrons. The highest BCUT2D eigenvalue weighted by molar-refractivity contribution is 6.31. The molecule has 3 rings (SSSR count). The van der Waals surface area contributed by atoms with E-state index in [1.54, 1.807) is 12.1 Å². The molecule has 3 N–H and O–H groups in total. The number of fused-ring (bicyclic) bond motifs is 1. The van der Waals surface area contributed by atoms with Crippen molar-refractivity contribution in [2.75, 3.05) is 18.8 Å². The minimum absolute atomic E-state index is 0.195. The van der Waals surface area contributed by atoms with Gasteiger partial charge in [0.2, 0.25) is 5.91 Å². The molecule has 2 saturated heterocycles. The Bertz CT molecular complexity index is 522. The standard InChI is InChI=1S/C14H19ClN4O/c15-10-2-3-13(16)17-12(10)8-19-6-5-11-9(7-19)1-4-14(20)18-11/h2-3,9,11H,1,4-8H2,(H2,16,17)(H,18,20). The minimum atomic E-state index is 0.195. The number of amides is 1. The van der Waals surface area contributed by atoms with Gasteiger partial charge in [0.1, 0.15) is 5.82 Å². The normalized spacial score (nSPS) is 26.9. The predicted octanol–water partition coefficient (Wildman–Crippen LogP) is 1.42. The average molecular weight is 295 g/mol. The Morgan fingerprint density at radius 2 is 2.30 bits per heavy atom. The molecule has 1 aromatic rings. The summed E-state index contributed by atoms with van der Waals surface area (Å²) in [4.78, 5) is 18.1. The first-order valence-corrected chi connectivity index (χ1v) is 7.42. The van der Waals surface area contributed by atoms with Gasteiger partial charge in [-0.2, -0.15) is 0 Å². The molecule has 2 fully saturated rings. The van der Waals surface area contributed by atoms with E-state index in [1.165, 1.54) is 0 Å². The molecule has 0 bridgehead atoms. The Hall–Kier alpha value is -1.33. The monoisotopic (exact) mass is 294 g/mol. The van der Waals surface area contributed by atoms with Crippen molar-refractivity contribution in [1.29, 1.82) is 0 Å². The molecule has 20 heavy (non-hydrogen) atoms. The van der Waals surface area contributed by atoms with Crippen LogP contribution < -0.4 is 11.1 Å². The van der Waals surface area contributed by atoms with Gasteiger partial charge < -0.3 is 11.1 Å². The van der Waals surface area contributed by atoms with Gasteiger partial charge in [-0.3, -0.25) is 9.69 Å². The van der Waals surface area contributed by atoms with Gasteiger partial charge in [0.25, 0.3) is 0 Å². The molecule has 2 aliphatic heterocycles. The summed E-state index contributed by atoms with van der Waals surface area (Å²) >= 11 is 6.17. The van der Waals surface area contributed by atoms with Crippen LogP contribution in [0, 0.1) is 5.92 Å². The molecule has 0 aromatic carbocycles. The lowest BCUT2D eigenvalue weighted by molar-refractivity contribution is -0.125. The maximum Gasteiger partial charge on any atom is 0.220 e. The molecule has 2 unspecified atom stereocenters. The molecule has 1 amide bonds. The third-order valence-corrected chi connectivity index (χ3v) is 4.56. The van der Waals surface area contributed by atoms with Gasteiger partial charge in [-0.15, -0.1) is 0 Å². The van der Waals surface area contributed by atoms with E-state index >= 15 is 0 Å². The van der Waals surface area contributed by atoms with Crippen LogP contribution in [-0.4, -0.2) is 34.9 Å². The second kappa shape index (κ2) is 5.58. The van der Waals surface area contributed by atoms with Gasteiger partial charge in [-0.25, -0.2) is 4.98 Å². The number of nitrogen functional groups attached to an aromatic ring is 1. The van der Waals surface area contributed by atoms with E-state index in [0.29, 0.717) is 29.2 Å². The van der Waals surface area contributed by atoms with E-state index in [0.717, 1.165) is 38.2 Å². The predicted molar refractivity (Wildman–Crippen MR) is 78.2 cm³/mol. The maximum absolute atomic E-state index is 11.4. The van der Waals surface area contributed by atoms with Crippen LogP contribution in [0.1, 0.15) is 25.0 Å². The molecular formula is C14H19ClN4O. The van der Waals surface area contributed by atoms with Crippen molar-refractivity contribution in [3.8, 4) is 0 Å². The number of hydrogen-bond donors (Lipinski definition) is 2. The van der Waals surface area contributed by atoms with Crippen molar-refractivity contribution in [1.82, 2.24) is 15.2 Å². The first-order valence-electron chi connectivity index (χ1n) is 7.04. The van der Waals surface area contributed by atoms with Crippen LogP contribution in [0.5, 0.6) is 0 Å².